The Hall–Kier alpha value is -2.96. The van der Waals surface area contributed by atoms with Gasteiger partial charge in [-0.15, -0.1) is 0 Å². The SMILES string of the molecule is Cc1nc(N2CC(c3nc4ccccc4n3C)C2)cc(N2CC(C(C)C)CC2=O)n1. The Morgan fingerprint density at radius 2 is 1.77 bits per heavy atom. The molecule has 7 nitrogen and oxygen atoms in total. The van der Waals surface area contributed by atoms with Crippen molar-refractivity contribution in [1.82, 2.24) is 19.5 Å². The van der Waals surface area contributed by atoms with Crippen LogP contribution in [0.25, 0.3) is 11.0 Å². The number of anilines is 2. The van der Waals surface area contributed by atoms with Crippen molar-refractivity contribution < 1.29 is 4.79 Å². The number of aryl methyl sites for hydroxylation is 2. The van der Waals surface area contributed by atoms with Crippen LogP contribution in [0.5, 0.6) is 0 Å². The second-order valence-corrected chi connectivity index (χ2v) is 8.96. The van der Waals surface area contributed by atoms with Crippen LogP contribution in [0.1, 0.15) is 37.8 Å². The third-order valence-electron chi connectivity index (χ3n) is 6.58. The monoisotopic (exact) mass is 404 g/mol. The van der Waals surface area contributed by atoms with Gasteiger partial charge in [0.1, 0.15) is 23.3 Å². The molecule has 0 saturated carbocycles. The first-order chi connectivity index (χ1) is 14.4. The summed E-state index contributed by atoms with van der Waals surface area (Å²) < 4.78 is 2.20. The molecular weight excluding hydrogens is 376 g/mol. The standard InChI is InChI=1S/C23H28N6O/c1-14(2)16-9-22(30)29(13-16)21-10-20(24-15(3)25-21)28-11-17(12-28)23-26-18-7-5-6-8-19(18)27(23)4/h5-8,10,14,16-17H,9,11-13H2,1-4H3. The van der Waals surface area contributed by atoms with Crippen LogP contribution in [-0.2, 0) is 11.8 Å². The average molecular weight is 405 g/mol. The van der Waals surface area contributed by atoms with Gasteiger partial charge in [-0.1, -0.05) is 26.0 Å². The normalized spacial score (nSPS) is 19.9. The molecule has 1 amide bonds. The molecule has 0 N–H and O–H groups in total. The molecule has 1 atom stereocenters. The predicted molar refractivity (Wildman–Crippen MR) is 118 cm³/mol. The van der Waals surface area contributed by atoms with Gasteiger partial charge < -0.3 is 9.47 Å². The van der Waals surface area contributed by atoms with E-state index < -0.39 is 0 Å². The van der Waals surface area contributed by atoms with Gasteiger partial charge in [-0.3, -0.25) is 9.69 Å². The van der Waals surface area contributed by atoms with E-state index in [0.717, 1.165) is 42.6 Å². The Labute approximate surface area is 176 Å². The highest BCUT2D eigenvalue weighted by molar-refractivity contribution is 5.95. The summed E-state index contributed by atoms with van der Waals surface area (Å²) in [5.74, 6) is 4.87. The first-order valence-corrected chi connectivity index (χ1v) is 10.7. The Kier molecular flexibility index (Phi) is 4.49. The largest absolute Gasteiger partial charge is 0.355 e. The van der Waals surface area contributed by atoms with E-state index in [1.54, 1.807) is 0 Å². The van der Waals surface area contributed by atoms with Gasteiger partial charge in [0, 0.05) is 39.2 Å². The molecule has 5 rings (SSSR count). The molecule has 2 aliphatic heterocycles. The number of aromatic nitrogens is 4. The number of nitrogens with zero attached hydrogens (tertiary/aromatic N) is 6. The number of carbonyl (C=O) groups is 1. The number of hydrogen-bond donors (Lipinski definition) is 0. The minimum absolute atomic E-state index is 0.166. The zero-order valence-electron chi connectivity index (χ0n) is 18.0. The lowest BCUT2D eigenvalue weighted by Crippen LogP contribution is -2.46. The van der Waals surface area contributed by atoms with Gasteiger partial charge in [0.2, 0.25) is 5.91 Å². The van der Waals surface area contributed by atoms with E-state index in [1.165, 1.54) is 5.52 Å². The molecule has 2 aliphatic rings. The minimum Gasteiger partial charge on any atom is -0.355 e. The van der Waals surface area contributed by atoms with Gasteiger partial charge in [0.25, 0.3) is 0 Å². The fourth-order valence-electron chi connectivity index (χ4n) is 4.60. The van der Waals surface area contributed by atoms with Crippen LogP contribution >= 0.6 is 0 Å². The molecule has 2 fully saturated rings. The van der Waals surface area contributed by atoms with E-state index in [1.807, 2.05) is 24.0 Å². The number of imidazole rings is 1. The highest BCUT2D eigenvalue weighted by Gasteiger charge is 2.36. The van der Waals surface area contributed by atoms with E-state index in [4.69, 9.17) is 4.98 Å². The maximum absolute atomic E-state index is 12.6. The number of fused-ring (bicyclic) bond motifs is 1. The fourth-order valence-corrected chi connectivity index (χ4v) is 4.60. The molecule has 1 unspecified atom stereocenters. The lowest BCUT2D eigenvalue weighted by atomic mass is 9.95. The maximum atomic E-state index is 12.6. The van der Waals surface area contributed by atoms with Crippen LogP contribution in [0.4, 0.5) is 11.6 Å². The summed E-state index contributed by atoms with van der Waals surface area (Å²) in [4.78, 5) is 30.7. The molecule has 4 heterocycles. The summed E-state index contributed by atoms with van der Waals surface area (Å²) in [6, 6.07) is 10.2. The van der Waals surface area contributed by atoms with E-state index in [2.05, 4.69) is 58.5 Å². The summed E-state index contributed by atoms with van der Waals surface area (Å²) in [6.45, 7) is 8.75. The molecule has 2 aromatic heterocycles. The number of benzene rings is 1. The Balaban J connectivity index is 1.35. The van der Waals surface area contributed by atoms with Crippen LogP contribution in [0.3, 0.4) is 0 Å². The number of amides is 1. The van der Waals surface area contributed by atoms with Crippen LogP contribution in [0.2, 0.25) is 0 Å². The number of para-hydroxylation sites is 2. The minimum atomic E-state index is 0.166. The van der Waals surface area contributed by atoms with Gasteiger partial charge in [-0.25, -0.2) is 15.0 Å². The molecule has 0 radical (unpaired) electrons. The van der Waals surface area contributed by atoms with Gasteiger partial charge in [0.05, 0.1) is 17.0 Å². The molecule has 1 aromatic carbocycles. The average Bonchev–Trinajstić information content (AvgIpc) is 3.22. The van der Waals surface area contributed by atoms with Crippen LogP contribution in [-0.4, -0.2) is 45.1 Å². The Morgan fingerprint density at radius 3 is 2.47 bits per heavy atom. The van der Waals surface area contributed by atoms with Crippen molar-refractivity contribution in [3.8, 4) is 0 Å². The van der Waals surface area contributed by atoms with E-state index in [9.17, 15) is 4.79 Å². The van der Waals surface area contributed by atoms with Gasteiger partial charge in [0.15, 0.2) is 0 Å². The number of rotatable bonds is 4. The topological polar surface area (TPSA) is 67.2 Å². The molecule has 0 spiro atoms. The summed E-state index contributed by atoms with van der Waals surface area (Å²) in [7, 11) is 2.09. The first-order valence-electron chi connectivity index (χ1n) is 10.7. The van der Waals surface area contributed by atoms with E-state index in [-0.39, 0.29) is 5.91 Å². The van der Waals surface area contributed by atoms with Crippen molar-refractivity contribution in [2.45, 2.75) is 33.1 Å². The second-order valence-electron chi connectivity index (χ2n) is 8.96. The maximum Gasteiger partial charge on any atom is 0.228 e. The number of hydrogen-bond acceptors (Lipinski definition) is 5. The third kappa shape index (κ3) is 3.13. The highest BCUT2D eigenvalue weighted by atomic mass is 16.2. The Morgan fingerprint density at radius 1 is 1.03 bits per heavy atom. The zero-order chi connectivity index (χ0) is 21.0. The van der Waals surface area contributed by atoms with Crippen LogP contribution in [0, 0.1) is 18.8 Å². The summed E-state index contributed by atoms with van der Waals surface area (Å²) in [6.07, 6.45) is 0.606. The molecule has 7 heteroatoms. The van der Waals surface area contributed by atoms with Crippen molar-refractivity contribution in [3.63, 3.8) is 0 Å². The molecule has 2 saturated heterocycles. The smallest absolute Gasteiger partial charge is 0.228 e. The molecule has 30 heavy (non-hydrogen) atoms. The zero-order valence-corrected chi connectivity index (χ0v) is 18.0. The Bertz CT molecular complexity index is 1110. The number of carbonyl (C=O) groups excluding carboxylic acids is 1. The predicted octanol–water partition coefficient (Wildman–Crippen LogP) is 3.28. The van der Waals surface area contributed by atoms with Crippen molar-refractivity contribution in [2.24, 2.45) is 18.9 Å². The third-order valence-corrected chi connectivity index (χ3v) is 6.58. The summed E-state index contributed by atoms with van der Waals surface area (Å²) in [5, 5.41) is 0. The second kappa shape index (κ2) is 7.07. The quantitative estimate of drug-likeness (QED) is 0.668. The fraction of sp³-hybridized carbons (Fsp3) is 0.478. The van der Waals surface area contributed by atoms with Crippen molar-refractivity contribution in [1.29, 1.82) is 0 Å². The van der Waals surface area contributed by atoms with Crippen LogP contribution in [0.15, 0.2) is 30.3 Å². The first kappa shape index (κ1) is 19.0. The molecule has 3 aromatic rings. The van der Waals surface area contributed by atoms with Gasteiger partial charge in [-0.2, -0.15) is 0 Å². The van der Waals surface area contributed by atoms with E-state index >= 15 is 0 Å². The van der Waals surface area contributed by atoms with E-state index in [0.29, 0.717) is 30.0 Å². The highest BCUT2D eigenvalue weighted by Crippen LogP contribution is 2.34. The molecule has 0 bridgehead atoms. The van der Waals surface area contributed by atoms with Crippen molar-refractivity contribution >= 4 is 28.6 Å². The molecule has 156 valence electrons. The summed E-state index contributed by atoms with van der Waals surface area (Å²) >= 11 is 0. The van der Waals surface area contributed by atoms with Crippen molar-refractivity contribution in [2.75, 3.05) is 29.4 Å². The van der Waals surface area contributed by atoms with Gasteiger partial charge in [-0.05, 0) is 30.9 Å². The lowest BCUT2D eigenvalue weighted by Gasteiger charge is -2.40. The lowest BCUT2D eigenvalue weighted by molar-refractivity contribution is -0.117. The molecular formula is C23H28N6O. The van der Waals surface area contributed by atoms with Crippen molar-refractivity contribution in [3.05, 3.63) is 42.0 Å². The molecule has 0 aliphatic carbocycles. The van der Waals surface area contributed by atoms with Gasteiger partial charge >= 0.3 is 0 Å². The summed E-state index contributed by atoms with van der Waals surface area (Å²) in [5.41, 5.74) is 2.21. The van der Waals surface area contributed by atoms with Crippen LogP contribution < -0.4 is 9.80 Å².